The molecular weight excluding hydrogens is 652 g/mol. The van der Waals surface area contributed by atoms with E-state index >= 15 is 0 Å². The summed E-state index contributed by atoms with van der Waals surface area (Å²) in [7, 11) is 0. The van der Waals surface area contributed by atoms with Gasteiger partial charge < -0.3 is 26.0 Å². The minimum Gasteiger partial charge on any atom is -0.445 e. The molecular formula is C38H40N6O7. The number of amides is 6. The van der Waals surface area contributed by atoms with Gasteiger partial charge in [-0.3, -0.25) is 29.4 Å². The molecule has 4 aromatic rings. The summed E-state index contributed by atoms with van der Waals surface area (Å²) in [6.45, 7) is 2.52. The molecule has 0 bridgehead atoms. The Morgan fingerprint density at radius 3 is 1.96 bits per heavy atom. The summed E-state index contributed by atoms with van der Waals surface area (Å²) < 4.78 is 5.12. The molecule has 0 aliphatic carbocycles. The highest BCUT2D eigenvalue weighted by Crippen LogP contribution is 2.21. The maximum Gasteiger partial charge on any atom is 0.408 e. The van der Waals surface area contributed by atoms with E-state index in [0.29, 0.717) is 5.01 Å². The van der Waals surface area contributed by atoms with Gasteiger partial charge >= 0.3 is 6.09 Å². The lowest BCUT2D eigenvalue weighted by molar-refractivity contribution is -0.142. The van der Waals surface area contributed by atoms with Gasteiger partial charge in [0.05, 0.1) is 0 Å². The minimum atomic E-state index is -1.21. The maximum atomic E-state index is 13.5. The second kappa shape index (κ2) is 18.3. The Hall–Kier alpha value is -6.50. The van der Waals surface area contributed by atoms with Crippen molar-refractivity contribution in [2.45, 2.75) is 45.6 Å². The van der Waals surface area contributed by atoms with E-state index in [1.807, 2.05) is 78.9 Å². The number of hydrogen-bond donors (Lipinski definition) is 4. The summed E-state index contributed by atoms with van der Waals surface area (Å²) in [6.07, 6.45) is 1.16. The number of nitrogens with one attached hydrogen (secondary N) is 3. The number of nitrogens with two attached hydrogens (primary N) is 1. The molecule has 2 unspecified atom stereocenters. The molecule has 0 aliphatic rings. The lowest BCUT2D eigenvalue weighted by Crippen LogP contribution is -2.56. The highest BCUT2D eigenvalue weighted by Gasteiger charge is 2.25. The molecule has 4 rings (SSSR count). The molecule has 0 fully saturated rings. The summed E-state index contributed by atoms with van der Waals surface area (Å²) in [5.74, 6) is -3.91. The Kier molecular flexibility index (Phi) is 13.4. The van der Waals surface area contributed by atoms with Crippen LogP contribution in [-0.4, -0.2) is 64.2 Å². The summed E-state index contributed by atoms with van der Waals surface area (Å²) in [5, 5.41) is 7.45. The standard InChI is InChI=1S/C38H40N6O7/c1-26(41-38(50)51-25-29-14-7-4-8-15-29)36(48)40-27(2)37(49)42-44(24-33(39)45)35(47)21-20-34(46)43(22-28-12-5-3-6-13-28)23-31-18-11-17-30-16-9-10-19-32(30)31/h3-21,26-27H,22-25H2,1-2H3,(H2,39,45)(H,40,48)(H,41,50)(H,42,49)/b21-20+. The van der Waals surface area contributed by atoms with Crippen LogP contribution in [0.25, 0.3) is 10.8 Å². The number of rotatable bonds is 14. The molecule has 0 saturated heterocycles. The largest absolute Gasteiger partial charge is 0.445 e. The Bertz CT molecular complexity index is 1880. The molecule has 13 nitrogen and oxygen atoms in total. The first kappa shape index (κ1) is 37.3. The van der Waals surface area contributed by atoms with Crippen LogP contribution in [0, 0.1) is 0 Å². The van der Waals surface area contributed by atoms with E-state index < -0.39 is 54.3 Å². The molecule has 51 heavy (non-hydrogen) atoms. The molecule has 0 heterocycles. The van der Waals surface area contributed by atoms with Crippen LogP contribution >= 0.6 is 0 Å². The third-order valence-corrected chi connectivity index (χ3v) is 7.66. The SMILES string of the molecule is CC(NC(=O)OCc1ccccc1)C(=O)NC(C)C(=O)NN(CC(N)=O)C(=O)/C=C/C(=O)N(Cc1ccccc1)Cc1cccc2ccccc12. The molecule has 0 aliphatic heterocycles. The number of nitrogens with zero attached hydrogens (tertiary/aromatic N) is 2. The average Bonchev–Trinajstić information content (AvgIpc) is 3.13. The number of hydrazine groups is 1. The number of carbonyl (C=O) groups excluding carboxylic acids is 6. The number of primary amides is 1. The molecule has 13 heteroatoms. The van der Waals surface area contributed by atoms with E-state index in [1.165, 1.54) is 13.8 Å². The van der Waals surface area contributed by atoms with Crippen LogP contribution in [0.3, 0.4) is 0 Å². The fourth-order valence-electron chi connectivity index (χ4n) is 4.96. The Morgan fingerprint density at radius 1 is 0.686 bits per heavy atom. The zero-order chi connectivity index (χ0) is 36.8. The summed E-state index contributed by atoms with van der Waals surface area (Å²) >= 11 is 0. The van der Waals surface area contributed by atoms with Gasteiger partial charge in [-0.05, 0) is 41.3 Å². The zero-order valence-electron chi connectivity index (χ0n) is 28.3. The van der Waals surface area contributed by atoms with Gasteiger partial charge in [-0.2, -0.15) is 0 Å². The van der Waals surface area contributed by atoms with Gasteiger partial charge in [0.15, 0.2) is 0 Å². The monoisotopic (exact) mass is 692 g/mol. The number of carbonyl (C=O) groups is 6. The van der Waals surface area contributed by atoms with Crippen molar-refractivity contribution in [2.24, 2.45) is 5.73 Å². The first-order valence-electron chi connectivity index (χ1n) is 16.2. The minimum absolute atomic E-state index is 0.00113. The molecule has 0 spiro atoms. The first-order valence-corrected chi connectivity index (χ1v) is 16.2. The number of benzene rings is 4. The van der Waals surface area contributed by atoms with Gasteiger partial charge in [0, 0.05) is 25.2 Å². The van der Waals surface area contributed by atoms with Gasteiger partial charge in [-0.25, -0.2) is 9.80 Å². The van der Waals surface area contributed by atoms with Gasteiger partial charge in [0.1, 0.15) is 25.2 Å². The van der Waals surface area contributed by atoms with E-state index in [9.17, 15) is 28.8 Å². The van der Waals surface area contributed by atoms with Crippen molar-refractivity contribution in [1.29, 1.82) is 0 Å². The van der Waals surface area contributed by atoms with Crippen molar-refractivity contribution < 1.29 is 33.5 Å². The van der Waals surface area contributed by atoms with Crippen molar-refractivity contribution in [3.63, 3.8) is 0 Å². The Labute approximate surface area is 295 Å². The fraction of sp³-hybridized carbons (Fsp3) is 0.211. The van der Waals surface area contributed by atoms with Crippen LogP contribution < -0.4 is 21.8 Å². The Balaban J connectivity index is 1.38. The van der Waals surface area contributed by atoms with Crippen LogP contribution in [0.1, 0.15) is 30.5 Å². The average molecular weight is 693 g/mol. The lowest BCUT2D eigenvalue weighted by Gasteiger charge is -2.24. The predicted molar refractivity (Wildman–Crippen MR) is 190 cm³/mol. The van der Waals surface area contributed by atoms with Crippen molar-refractivity contribution >= 4 is 46.4 Å². The molecule has 0 saturated carbocycles. The molecule has 5 N–H and O–H groups in total. The predicted octanol–water partition coefficient (Wildman–Crippen LogP) is 3.09. The van der Waals surface area contributed by atoms with Crippen LogP contribution in [-0.2, 0) is 48.4 Å². The van der Waals surface area contributed by atoms with E-state index in [-0.39, 0.29) is 19.7 Å². The fourth-order valence-corrected chi connectivity index (χ4v) is 4.96. The van der Waals surface area contributed by atoms with E-state index in [2.05, 4.69) is 16.1 Å². The molecule has 4 aromatic carbocycles. The maximum absolute atomic E-state index is 13.5. The van der Waals surface area contributed by atoms with Crippen molar-refractivity contribution in [3.8, 4) is 0 Å². The third-order valence-electron chi connectivity index (χ3n) is 7.66. The summed E-state index contributed by atoms with van der Waals surface area (Å²) in [5.41, 5.74) is 10.1. The van der Waals surface area contributed by atoms with Gasteiger partial charge in [-0.1, -0.05) is 103 Å². The van der Waals surface area contributed by atoms with E-state index in [0.717, 1.165) is 39.6 Å². The van der Waals surface area contributed by atoms with E-state index in [1.54, 1.807) is 29.2 Å². The lowest BCUT2D eigenvalue weighted by atomic mass is 10.0. The molecule has 6 amide bonds. The van der Waals surface area contributed by atoms with Crippen LogP contribution in [0.4, 0.5) is 4.79 Å². The summed E-state index contributed by atoms with van der Waals surface area (Å²) in [6, 6.07) is 29.7. The Morgan fingerprint density at radius 2 is 1.27 bits per heavy atom. The number of alkyl carbamates (subject to hydrolysis) is 1. The normalized spacial score (nSPS) is 12.0. The summed E-state index contributed by atoms with van der Waals surface area (Å²) in [4.78, 5) is 77.9. The van der Waals surface area contributed by atoms with E-state index in [4.69, 9.17) is 10.5 Å². The highest BCUT2D eigenvalue weighted by atomic mass is 16.5. The molecule has 0 radical (unpaired) electrons. The van der Waals surface area contributed by atoms with Crippen LogP contribution in [0.15, 0.2) is 115 Å². The number of fused-ring (bicyclic) bond motifs is 1. The van der Waals surface area contributed by atoms with Crippen molar-refractivity contribution in [3.05, 3.63) is 132 Å². The van der Waals surface area contributed by atoms with Gasteiger partial charge in [0.25, 0.3) is 11.8 Å². The van der Waals surface area contributed by atoms with Crippen molar-refractivity contribution in [2.75, 3.05) is 6.54 Å². The molecule has 264 valence electrons. The quantitative estimate of drug-likeness (QED) is 0.116. The smallest absolute Gasteiger partial charge is 0.408 e. The molecule has 0 aromatic heterocycles. The number of ether oxygens (including phenoxy) is 1. The second-order valence-electron chi connectivity index (χ2n) is 11.7. The van der Waals surface area contributed by atoms with Gasteiger partial charge in [0.2, 0.25) is 17.7 Å². The zero-order valence-corrected chi connectivity index (χ0v) is 28.3. The van der Waals surface area contributed by atoms with Crippen molar-refractivity contribution in [1.82, 2.24) is 26.0 Å². The molecule has 2 atom stereocenters. The van der Waals surface area contributed by atoms with Crippen LogP contribution in [0.2, 0.25) is 0 Å². The first-order chi connectivity index (χ1) is 24.5. The van der Waals surface area contributed by atoms with Gasteiger partial charge in [-0.15, -0.1) is 0 Å². The second-order valence-corrected chi connectivity index (χ2v) is 11.7. The number of hydrogen-bond acceptors (Lipinski definition) is 7. The highest BCUT2D eigenvalue weighted by molar-refractivity contribution is 5.99. The third kappa shape index (κ3) is 11.6. The van der Waals surface area contributed by atoms with Crippen LogP contribution in [0.5, 0.6) is 0 Å². The topological polar surface area (TPSA) is 180 Å².